The summed E-state index contributed by atoms with van der Waals surface area (Å²) < 4.78 is 1.64. The van der Waals surface area contributed by atoms with E-state index >= 15 is 0 Å². The van der Waals surface area contributed by atoms with E-state index in [1.165, 1.54) is 24.9 Å². The first kappa shape index (κ1) is 12.9. The Labute approximate surface area is 111 Å². The molecule has 0 aliphatic carbocycles. The molecule has 2 aromatic rings. The third kappa shape index (κ3) is 3.73. The van der Waals surface area contributed by atoms with E-state index in [1.54, 1.807) is 11.0 Å². The highest BCUT2D eigenvalue weighted by Crippen LogP contribution is 2.09. The zero-order chi connectivity index (χ0) is 12.6. The Bertz CT molecular complexity index is 440. The predicted molar refractivity (Wildman–Crippen MR) is 75.3 cm³/mol. The highest BCUT2D eigenvalue weighted by atomic mass is 32.2. The lowest BCUT2D eigenvalue weighted by molar-refractivity contribution is 0.835. The van der Waals surface area contributed by atoms with Crippen LogP contribution in [0.4, 0.5) is 5.69 Å². The Morgan fingerprint density at radius 1 is 1.33 bits per heavy atom. The molecule has 0 saturated carbocycles. The Kier molecular flexibility index (Phi) is 5.01. The molecule has 6 heteroatoms. The minimum Gasteiger partial charge on any atom is -0.384 e. The van der Waals surface area contributed by atoms with Gasteiger partial charge in [0.25, 0.3) is 0 Å². The topological polar surface area (TPSA) is 55.6 Å². The summed E-state index contributed by atoms with van der Waals surface area (Å²) >= 11 is 1.89. The lowest BCUT2D eigenvalue weighted by Gasteiger charge is -2.06. The predicted octanol–water partition coefficient (Wildman–Crippen LogP) is 2.22. The van der Waals surface area contributed by atoms with Crippen molar-refractivity contribution < 1.29 is 0 Å². The summed E-state index contributed by atoms with van der Waals surface area (Å²) in [6.07, 6.45) is 9.54. The van der Waals surface area contributed by atoms with Crippen molar-refractivity contribution >= 4 is 17.4 Å². The minimum atomic E-state index is 0.778. The lowest BCUT2D eigenvalue weighted by Crippen LogP contribution is -2.03. The Morgan fingerprint density at radius 2 is 2.28 bits per heavy atom. The summed E-state index contributed by atoms with van der Waals surface area (Å²) in [6.45, 7) is 0.991. The molecule has 18 heavy (non-hydrogen) atoms. The maximum Gasteiger partial charge on any atom is 0.155 e. The van der Waals surface area contributed by atoms with Crippen LogP contribution < -0.4 is 5.32 Å². The van der Waals surface area contributed by atoms with E-state index in [2.05, 4.69) is 26.6 Å². The molecule has 0 amide bonds. The van der Waals surface area contributed by atoms with Gasteiger partial charge in [0.05, 0.1) is 11.9 Å². The van der Waals surface area contributed by atoms with Crippen molar-refractivity contribution in [2.75, 3.05) is 23.9 Å². The van der Waals surface area contributed by atoms with E-state index in [0.29, 0.717) is 0 Å². The van der Waals surface area contributed by atoms with Crippen LogP contribution in [0.2, 0.25) is 0 Å². The van der Waals surface area contributed by atoms with Gasteiger partial charge in [-0.05, 0) is 37.0 Å². The third-order valence-electron chi connectivity index (χ3n) is 2.51. The van der Waals surface area contributed by atoms with Crippen LogP contribution in [-0.4, -0.2) is 38.3 Å². The fraction of sp³-hybridized carbons (Fsp3) is 0.417. The Hall–Kier alpha value is -1.56. The molecule has 96 valence electrons. The SMILES string of the molecule is CSCCCCNc1ccc(-n2cncn2)nc1. The van der Waals surface area contributed by atoms with Gasteiger partial charge in [0.15, 0.2) is 5.82 Å². The quantitative estimate of drug-likeness (QED) is 0.776. The monoisotopic (exact) mass is 263 g/mol. The molecule has 0 saturated heterocycles. The number of nitrogens with zero attached hydrogens (tertiary/aromatic N) is 4. The fourth-order valence-electron chi connectivity index (χ4n) is 1.56. The Balaban J connectivity index is 1.81. The lowest BCUT2D eigenvalue weighted by atomic mass is 10.3. The van der Waals surface area contributed by atoms with Gasteiger partial charge in [0, 0.05) is 6.54 Å². The Morgan fingerprint density at radius 3 is 2.94 bits per heavy atom. The molecule has 0 radical (unpaired) electrons. The number of aromatic nitrogens is 4. The van der Waals surface area contributed by atoms with Crippen molar-refractivity contribution in [3.8, 4) is 5.82 Å². The molecule has 0 fully saturated rings. The van der Waals surface area contributed by atoms with Crippen LogP contribution in [0.15, 0.2) is 31.0 Å². The summed E-state index contributed by atoms with van der Waals surface area (Å²) in [4.78, 5) is 8.22. The molecule has 2 rings (SSSR count). The molecule has 0 atom stereocenters. The number of thioether (sulfide) groups is 1. The average molecular weight is 263 g/mol. The van der Waals surface area contributed by atoms with Crippen LogP contribution in [0.1, 0.15) is 12.8 Å². The molecular formula is C12H17N5S. The van der Waals surface area contributed by atoms with Gasteiger partial charge in [0.1, 0.15) is 12.7 Å². The average Bonchev–Trinajstić information content (AvgIpc) is 2.93. The van der Waals surface area contributed by atoms with Gasteiger partial charge in [0.2, 0.25) is 0 Å². The van der Waals surface area contributed by atoms with E-state index in [9.17, 15) is 0 Å². The molecule has 0 aliphatic heterocycles. The van der Waals surface area contributed by atoms with Crippen molar-refractivity contribution in [2.45, 2.75) is 12.8 Å². The molecule has 0 aromatic carbocycles. The second-order valence-corrected chi connectivity index (χ2v) is 4.86. The zero-order valence-electron chi connectivity index (χ0n) is 10.4. The summed E-state index contributed by atoms with van der Waals surface area (Å²) in [5.41, 5.74) is 1.04. The van der Waals surface area contributed by atoms with Crippen LogP contribution in [0.25, 0.3) is 5.82 Å². The minimum absolute atomic E-state index is 0.778. The summed E-state index contributed by atoms with van der Waals surface area (Å²) in [6, 6.07) is 3.94. The van der Waals surface area contributed by atoms with Crippen LogP contribution in [0.3, 0.4) is 0 Å². The van der Waals surface area contributed by atoms with Gasteiger partial charge in [-0.2, -0.15) is 16.9 Å². The van der Waals surface area contributed by atoms with Gasteiger partial charge in [-0.1, -0.05) is 0 Å². The fourth-order valence-corrected chi connectivity index (χ4v) is 2.05. The first-order valence-electron chi connectivity index (χ1n) is 5.94. The summed E-state index contributed by atoms with van der Waals surface area (Å²) in [5.74, 6) is 2.01. The van der Waals surface area contributed by atoms with Gasteiger partial charge in [-0.25, -0.2) is 14.6 Å². The number of hydrogen-bond acceptors (Lipinski definition) is 5. The highest BCUT2D eigenvalue weighted by Gasteiger charge is 1.98. The zero-order valence-corrected chi connectivity index (χ0v) is 11.2. The van der Waals surface area contributed by atoms with Crippen molar-refractivity contribution in [2.24, 2.45) is 0 Å². The molecule has 0 aliphatic rings. The maximum absolute atomic E-state index is 4.33. The van der Waals surface area contributed by atoms with E-state index < -0.39 is 0 Å². The van der Waals surface area contributed by atoms with Crippen molar-refractivity contribution in [3.63, 3.8) is 0 Å². The first-order chi connectivity index (χ1) is 8.90. The normalized spacial score (nSPS) is 10.5. The van der Waals surface area contributed by atoms with Gasteiger partial charge in [-0.15, -0.1) is 0 Å². The van der Waals surface area contributed by atoms with Crippen LogP contribution in [0, 0.1) is 0 Å². The summed E-state index contributed by atoms with van der Waals surface area (Å²) in [5, 5.41) is 7.39. The second kappa shape index (κ2) is 7.00. The number of pyridine rings is 1. The molecule has 1 N–H and O–H groups in total. The third-order valence-corrected chi connectivity index (χ3v) is 3.20. The molecule has 0 bridgehead atoms. The number of unbranched alkanes of at least 4 members (excludes halogenated alkanes) is 1. The molecular weight excluding hydrogens is 246 g/mol. The maximum atomic E-state index is 4.33. The van der Waals surface area contributed by atoms with Crippen molar-refractivity contribution in [3.05, 3.63) is 31.0 Å². The largest absolute Gasteiger partial charge is 0.384 e. The molecule has 5 nitrogen and oxygen atoms in total. The molecule has 2 heterocycles. The second-order valence-electron chi connectivity index (χ2n) is 3.87. The van der Waals surface area contributed by atoms with Gasteiger partial charge >= 0.3 is 0 Å². The smallest absolute Gasteiger partial charge is 0.155 e. The van der Waals surface area contributed by atoms with E-state index in [0.717, 1.165) is 18.1 Å². The molecule has 0 unspecified atom stereocenters. The van der Waals surface area contributed by atoms with Gasteiger partial charge in [-0.3, -0.25) is 0 Å². The van der Waals surface area contributed by atoms with E-state index in [4.69, 9.17) is 0 Å². The standard InChI is InChI=1S/C12H17N5S/c1-18-7-3-2-6-14-11-4-5-12(15-8-11)17-10-13-9-16-17/h4-5,8-10,14H,2-3,6-7H2,1H3. The number of rotatable bonds is 7. The first-order valence-corrected chi connectivity index (χ1v) is 7.33. The molecule has 2 aromatic heterocycles. The van der Waals surface area contributed by atoms with Crippen LogP contribution in [-0.2, 0) is 0 Å². The number of hydrogen-bond donors (Lipinski definition) is 1. The van der Waals surface area contributed by atoms with Gasteiger partial charge < -0.3 is 5.32 Å². The highest BCUT2D eigenvalue weighted by molar-refractivity contribution is 7.98. The number of anilines is 1. The summed E-state index contributed by atoms with van der Waals surface area (Å²) in [7, 11) is 0. The van der Waals surface area contributed by atoms with Crippen LogP contribution in [0.5, 0.6) is 0 Å². The van der Waals surface area contributed by atoms with E-state index in [-0.39, 0.29) is 0 Å². The van der Waals surface area contributed by atoms with Crippen molar-refractivity contribution in [1.82, 2.24) is 19.7 Å². The van der Waals surface area contributed by atoms with E-state index in [1.807, 2.05) is 30.1 Å². The molecule has 0 spiro atoms. The van der Waals surface area contributed by atoms with Crippen LogP contribution >= 0.6 is 11.8 Å². The van der Waals surface area contributed by atoms with Crippen molar-refractivity contribution in [1.29, 1.82) is 0 Å². The number of nitrogens with one attached hydrogen (secondary N) is 1.